The summed E-state index contributed by atoms with van der Waals surface area (Å²) >= 11 is 0. The predicted molar refractivity (Wildman–Crippen MR) is 86.1 cm³/mol. The highest BCUT2D eigenvalue weighted by atomic mass is 16.4. The van der Waals surface area contributed by atoms with E-state index in [1.807, 2.05) is 0 Å². The Labute approximate surface area is 136 Å². The highest BCUT2D eigenvalue weighted by molar-refractivity contribution is 6.06. The molecule has 1 amide bonds. The summed E-state index contributed by atoms with van der Waals surface area (Å²) in [5.74, 6) is -3.41. The minimum absolute atomic E-state index is 0.0444. The summed E-state index contributed by atoms with van der Waals surface area (Å²) in [5, 5.41) is 29.8. The van der Waals surface area contributed by atoms with E-state index in [1.54, 1.807) is 12.1 Å². The molecule has 0 bridgehead atoms. The Hall–Kier alpha value is -3.61. The van der Waals surface area contributed by atoms with Gasteiger partial charge in [-0.2, -0.15) is 0 Å². The number of para-hydroxylation sites is 1. The van der Waals surface area contributed by atoms with E-state index in [-0.39, 0.29) is 22.6 Å². The van der Waals surface area contributed by atoms with Crippen molar-refractivity contribution < 1.29 is 29.7 Å². The van der Waals surface area contributed by atoms with E-state index in [2.05, 4.69) is 5.32 Å². The number of amides is 1. The Bertz CT molecular complexity index is 841. The fourth-order valence-electron chi connectivity index (χ4n) is 1.95. The number of hydrogen-bond donors (Lipinski definition) is 4. The maximum absolute atomic E-state index is 11.9. The lowest BCUT2D eigenvalue weighted by atomic mass is 10.1. The number of carbonyl (C=O) groups is 3. The maximum atomic E-state index is 11.9. The average Bonchev–Trinajstić information content (AvgIpc) is 2.54. The molecule has 7 heteroatoms. The molecule has 0 saturated carbocycles. The number of anilines is 1. The van der Waals surface area contributed by atoms with E-state index in [4.69, 9.17) is 10.2 Å². The Morgan fingerprint density at radius 3 is 2.25 bits per heavy atom. The first kappa shape index (κ1) is 16.8. The molecule has 4 N–H and O–H groups in total. The second kappa shape index (κ2) is 7.10. The molecule has 2 aromatic rings. The van der Waals surface area contributed by atoms with Crippen LogP contribution in [-0.4, -0.2) is 33.2 Å². The number of phenols is 1. The van der Waals surface area contributed by atoms with Gasteiger partial charge in [-0.05, 0) is 35.9 Å². The number of nitrogens with one attached hydrogen (secondary N) is 1. The second-order valence-corrected chi connectivity index (χ2v) is 4.76. The van der Waals surface area contributed by atoms with Crippen LogP contribution in [0.1, 0.15) is 26.3 Å². The first-order valence-corrected chi connectivity index (χ1v) is 6.76. The molecule has 7 nitrogen and oxygen atoms in total. The number of benzene rings is 2. The van der Waals surface area contributed by atoms with Gasteiger partial charge in [-0.3, -0.25) is 4.79 Å². The van der Waals surface area contributed by atoms with Gasteiger partial charge in [-0.15, -0.1) is 0 Å². The minimum atomic E-state index is -1.29. The van der Waals surface area contributed by atoms with E-state index in [9.17, 15) is 19.5 Å². The summed E-state index contributed by atoms with van der Waals surface area (Å²) in [5.41, 5.74) is 0.217. The number of aromatic hydroxyl groups is 1. The van der Waals surface area contributed by atoms with E-state index in [0.717, 1.165) is 6.08 Å². The van der Waals surface area contributed by atoms with Crippen LogP contribution in [0.5, 0.6) is 5.75 Å². The van der Waals surface area contributed by atoms with Crippen LogP contribution in [0.3, 0.4) is 0 Å². The zero-order valence-electron chi connectivity index (χ0n) is 12.3. The average molecular weight is 327 g/mol. The molecule has 0 heterocycles. The molecule has 122 valence electrons. The van der Waals surface area contributed by atoms with Crippen LogP contribution in [0.15, 0.2) is 48.5 Å². The number of rotatable bonds is 5. The van der Waals surface area contributed by atoms with Gasteiger partial charge < -0.3 is 20.6 Å². The molecule has 0 fully saturated rings. The van der Waals surface area contributed by atoms with Crippen molar-refractivity contribution in [3.63, 3.8) is 0 Å². The van der Waals surface area contributed by atoms with Crippen LogP contribution in [-0.2, 0) is 4.79 Å². The smallest absolute Gasteiger partial charge is 0.339 e. The highest BCUT2D eigenvalue weighted by Gasteiger charge is 2.11. The van der Waals surface area contributed by atoms with Gasteiger partial charge in [0.1, 0.15) is 11.3 Å². The van der Waals surface area contributed by atoms with E-state index < -0.39 is 17.8 Å². The van der Waals surface area contributed by atoms with Crippen LogP contribution >= 0.6 is 0 Å². The van der Waals surface area contributed by atoms with Gasteiger partial charge in [0.25, 0.3) is 0 Å². The molecule has 2 aromatic carbocycles. The number of aromatic carboxylic acids is 2. The summed E-state index contributed by atoms with van der Waals surface area (Å²) in [7, 11) is 0. The number of carbonyl (C=O) groups excluding carboxylic acids is 1. The maximum Gasteiger partial charge on any atom is 0.339 e. The highest BCUT2D eigenvalue weighted by Crippen LogP contribution is 2.19. The summed E-state index contributed by atoms with van der Waals surface area (Å²) < 4.78 is 0. The molecule has 0 atom stereocenters. The van der Waals surface area contributed by atoms with Crippen LogP contribution in [0, 0.1) is 0 Å². The molecule has 0 aliphatic rings. The summed E-state index contributed by atoms with van der Waals surface area (Å²) in [6, 6.07) is 9.81. The number of carboxylic acids is 2. The minimum Gasteiger partial charge on any atom is -0.507 e. The summed E-state index contributed by atoms with van der Waals surface area (Å²) in [6.45, 7) is 0. The largest absolute Gasteiger partial charge is 0.507 e. The third-order valence-corrected chi connectivity index (χ3v) is 3.09. The van der Waals surface area contributed by atoms with Crippen molar-refractivity contribution in [2.75, 3.05) is 5.32 Å². The lowest BCUT2D eigenvalue weighted by Crippen LogP contribution is -2.11. The Kier molecular flexibility index (Phi) is 4.96. The van der Waals surface area contributed by atoms with Gasteiger partial charge in [0.15, 0.2) is 0 Å². The molecular formula is C17H13NO6. The molecule has 24 heavy (non-hydrogen) atoms. The van der Waals surface area contributed by atoms with Gasteiger partial charge >= 0.3 is 11.9 Å². The van der Waals surface area contributed by atoms with Crippen LogP contribution < -0.4 is 5.32 Å². The Morgan fingerprint density at radius 2 is 1.58 bits per heavy atom. The molecule has 0 radical (unpaired) electrons. The topological polar surface area (TPSA) is 124 Å². The summed E-state index contributed by atoms with van der Waals surface area (Å²) in [6.07, 6.45) is 2.49. The van der Waals surface area contributed by atoms with Gasteiger partial charge in [-0.25, -0.2) is 9.59 Å². The molecule has 0 unspecified atom stereocenters. The molecule has 0 aliphatic carbocycles. The van der Waals surface area contributed by atoms with Crippen molar-refractivity contribution in [1.29, 1.82) is 0 Å². The molecular weight excluding hydrogens is 314 g/mol. The van der Waals surface area contributed by atoms with Gasteiger partial charge in [0, 0.05) is 6.08 Å². The third-order valence-electron chi connectivity index (χ3n) is 3.09. The van der Waals surface area contributed by atoms with Crippen molar-refractivity contribution in [3.05, 3.63) is 65.2 Å². The number of hydrogen-bond acceptors (Lipinski definition) is 4. The third kappa shape index (κ3) is 3.98. The van der Waals surface area contributed by atoms with E-state index in [1.165, 1.54) is 36.4 Å². The Balaban J connectivity index is 2.16. The molecule has 0 aromatic heterocycles. The zero-order valence-corrected chi connectivity index (χ0v) is 12.3. The van der Waals surface area contributed by atoms with Gasteiger partial charge in [-0.1, -0.05) is 18.2 Å². The normalized spacial score (nSPS) is 10.5. The SMILES string of the molecule is O=C(/C=C/c1ccc(O)c(C(=O)O)c1)Nc1ccccc1C(=O)O. The summed E-state index contributed by atoms with van der Waals surface area (Å²) in [4.78, 5) is 33.9. The molecule has 2 rings (SSSR count). The number of carboxylic acid groups (broad SMARTS) is 2. The van der Waals surface area contributed by atoms with E-state index in [0.29, 0.717) is 5.56 Å². The Morgan fingerprint density at radius 1 is 0.917 bits per heavy atom. The fraction of sp³-hybridized carbons (Fsp3) is 0. The van der Waals surface area contributed by atoms with Crippen molar-refractivity contribution in [2.24, 2.45) is 0 Å². The van der Waals surface area contributed by atoms with Gasteiger partial charge in [0.2, 0.25) is 5.91 Å². The standard InChI is InChI=1S/C17H13NO6/c19-14-7-5-10(9-12(14)17(23)24)6-8-15(20)18-13-4-2-1-3-11(13)16(21)22/h1-9,19H,(H,18,20)(H,21,22)(H,23,24)/b8-6+. The monoisotopic (exact) mass is 327 g/mol. The van der Waals surface area contributed by atoms with Crippen molar-refractivity contribution >= 4 is 29.6 Å². The molecule has 0 aliphatic heterocycles. The van der Waals surface area contributed by atoms with Crippen LogP contribution in [0.25, 0.3) is 6.08 Å². The van der Waals surface area contributed by atoms with E-state index >= 15 is 0 Å². The van der Waals surface area contributed by atoms with Crippen LogP contribution in [0.4, 0.5) is 5.69 Å². The zero-order chi connectivity index (χ0) is 17.7. The van der Waals surface area contributed by atoms with Crippen molar-refractivity contribution in [3.8, 4) is 5.75 Å². The lowest BCUT2D eigenvalue weighted by molar-refractivity contribution is -0.111. The second-order valence-electron chi connectivity index (χ2n) is 4.76. The first-order chi connectivity index (χ1) is 11.4. The predicted octanol–water partition coefficient (Wildman–Crippen LogP) is 2.44. The van der Waals surface area contributed by atoms with Crippen LogP contribution in [0.2, 0.25) is 0 Å². The van der Waals surface area contributed by atoms with Crippen molar-refractivity contribution in [2.45, 2.75) is 0 Å². The fourth-order valence-corrected chi connectivity index (χ4v) is 1.95. The quantitative estimate of drug-likeness (QED) is 0.625. The first-order valence-electron chi connectivity index (χ1n) is 6.76. The molecule has 0 spiro atoms. The van der Waals surface area contributed by atoms with Crippen molar-refractivity contribution in [1.82, 2.24) is 0 Å². The lowest BCUT2D eigenvalue weighted by Gasteiger charge is -2.06. The molecule has 0 saturated heterocycles. The van der Waals surface area contributed by atoms with Gasteiger partial charge in [0.05, 0.1) is 11.3 Å².